The van der Waals surface area contributed by atoms with Gasteiger partial charge in [0, 0.05) is 11.4 Å². The summed E-state index contributed by atoms with van der Waals surface area (Å²) in [5.41, 5.74) is 4.64. The predicted octanol–water partition coefficient (Wildman–Crippen LogP) is 5.60. The zero-order valence-corrected chi connectivity index (χ0v) is 21.3. The molecule has 1 amide bonds. The van der Waals surface area contributed by atoms with E-state index in [1.165, 1.54) is 24.4 Å². The number of nitrogens with one attached hydrogen (secondary N) is 1. The van der Waals surface area contributed by atoms with E-state index in [4.69, 9.17) is 9.47 Å². The minimum atomic E-state index is -0.472. The molecule has 2 heterocycles. The summed E-state index contributed by atoms with van der Waals surface area (Å²) in [5, 5.41) is 5.62. The van der Waals surface area contributed by atoms with Crippen molar-refractivity contribution in [2.45, 2.75) is 39.2 Å². The van der Waals surface area contributed by atoms with Crippen LogP contribution in [0.25, 0.3) is 0 Å². The Morgan fingerprint density at radius 3 is 2.37 bits per heavy atom. The predicted molar refractivity (Wildman–Crippen MR) is 139 cm³/mol. The molecule has 2 aromatic rings. The molecule has 8 heteroatoms. The number of rotatable bonds is 7. The van der Waals surface area contributed by atoms with Gasteiger partial charge in [0.05, 0.1) is 38.0 Å². The lowest BCUT2D eigenvalue weighted by atomic mass is 9.94. The third-order valence-corrected chi connectivity index (χ3v) is 6.93. The third kappa shape index (κ3) is 5.12. The number of carbonyl (C=O) groups excluding carboxylic acids is 2. The molecule has 0 bridgehead atoms. The van der Waals surface area contributed by atoms with Gasteiger partial charge in [0.25, 0.3) is 0 Å². The van der Waals surface area contributed by atoms with Crippen molar-refractivity contribution in [1.29, 1.82) is 0 Å². The number of aliphatic imine (C=N–C) groups is 1. The first-order valence-corrected chi connectivity index (χ1v) is 12.3. The largest absolute Gasteiger partial charge is 0.497 e. The maximum atomic E-state index is 13.0. The second kappa shape index (κ2) is 10.4. The van der Waals surface area contributed by atoms with E-state index >= 15 is 0 Å². The standard InChI is InChI=1S/C27H29N3O4S/c1-16(2)18-6-10-20(11-7-18)29-23(31)14-21-15-35-27-28-17(3)24(26(32)34-5)25(30(21)27)19-8-12-22(33-4)13-9-19/h6-13,15-16,25H,14H2,1-5H3,(H,29,31). The Balaban J connectivity index is 1.61. The van der Waals surface area contributed by atoms with Crippen LogP contribution in [0.15, 0.2) is 75.9 Å². The van der Waals surface area contributed by atoms with Crippen molar-refractivity contribution < 1.29 is 19.1 Å². The number of carbonyl (C=O) groups is 2. The molecule has 2 aliphatic rings. The van der Waals surface area contributed by atoms with Gasteiger partial charge in [0.1, 0.15) is 5.75 Å². The fourth-order valence-electron chi connectivity index (χ4n) is 4.16. The van der Waals surface area contributed by atoms with Gasteiger partial charge in [-0.1, -0.05) is 49.9 Å². The zero-order chi connectivity index (χ0) is 25.1. The van der Waals surface area contributed by atoms with Crippen molar-refractivity contribution in [1.82, 2.24) is 4.90 Å². The number of amidine groups is 1. The Bertz CT molecular complexity index is 1210. The number of anilines is 1. The van der Waals surface area contributed by atoms with E-state index in [9.17, 15) is 9.59 Å². The zero-order valence-electron chi connectivity index (χ0n) is 20.5. The number of methoxy groups -OCH3 is 2. The van der Waals surface area contributed by atoms with Crippen molar-refractivity contribution in [3.8, 4) is 5.75 Å². The van der Waals surface area contributed by atoms with Gasteiger partial charge in [-0.05, 0) is 53.6 Å². The van der Waals surface area contributed by atoms with Crippen LogP contribution in [-0.2, 0) is 14.3 Å². The smallest absolute Gasteiger partial charge is 0.338 e. The molecule has 0 fully saturated rings. The Kier molecular flexibility index (Phi) is 7.31. The number of thioether (sulfide) groups is 1. The van der Waals surface area contributed by atoms with Gasteiger partial charge in [0.15, 0.2) is 5.17 Å². The highest BCUT2D eigenvalue weighted by molar-refractivity contribution is 8.16. The lowest BCUT2D eigenvalue weighted by Gasteiger charge is -2.36. The van der Waals surface area contributed by atoms with E-state index < -0.39 is 12.0 Å². The van der Waals surface area contributed by atoms with Crippen LogP contribution in [0.4, 0.5) is 5.69 Å². The minimum absolute atomic E-state index is 0.137. The molecule has 0 radical (unpaired) electrons. The van der Waals surface area contributed by atoms with Gasteiger partial charge in [-0.15, -0.1) is 0 Å². The van der Waals surface area contributed by atoms with Crippen LogP contribution in [-0.4, -0.2) is 36.2 Å². The summed E-state index contributed by atoms with van der Waals surface area (Å²) >= 11 is 1.44. The summed E-state index contributed by atoms with van der Waals surface area (Å²) in [6.07, 6.45) is 0.137. The molecule has 0 aliphatic carbocycles. The second-order valence-electron chi connectivity index (χ2n) is 8.66. The van der Waals surface area contributed by atoms with Gasteiger partial charge >= 0.3 is 5.97 Å². The minimum Gasteiger partial charge on any atom is -0.497 e. The maximum absolute atomic E-state index is 13.0. The monoisotopic (exact) mass is 491 g/mol. The van der Waals surface area contributed by atoms with E-state index in [2.05, 4.69) is 24.2 Å². The first-order chi connectivity index (χ1) is 16.8. The van der Waals surface area contributed by atoms with Crippen molar-refractivity contribution in [2.75, 3.05) is 19.5 Å². The van der Waals surface area contributed by atoms with E-state index in [0.717, 1.165) is 22.1 Å². The molecule has 0 spiro atoms. The molecular weight excluding hydrogens is 462 g/mol. The molecule has 0 aromatic heterocycles. The SMILES string of the molecule is COC(=O)C1=C(C)N=C2SC=C(CC(=O)Nc3ccc(C(C)C)cc3)N2C1c1ccc(OC)cc1. The van der Waals surface area contributed by atoms with Crippen LogP contribution in [0, 0.1) is 0 Å². The number of esters is 1. The van der Waals surface area contributed by atoms with Gasteiger partial charge in [-0.2, -0.15) is 0 Å². The maximum Gasteiger partial charge on any atom is 0.338 e. The number of fused-ring (bicyclic) bond motifs is 1. The molecule has 35 heavy (non-hydrogen) atoms. The van der Waals surface area contributed by atoms with Gasteiger partial charge in [-0.25, -0.2) is 9.79 Å². The van der Waals surface area contributed by atoms with Gasteiger partial charge in [-0.3, -0.25) is 4.79 Å². The number of hydrogen-bond donors (Lipinski definition) is 1. The van der Waals surface area contributed by atoms with Crippen LogP contribution in [0.5, 0.6) is 5.75 Å². The van der Waals surface area contributed by atoms with Crippen LogP contribution in [0.2, 0.25) is 0 Å². The Hall–Kier alpha value is -3.52. The quantitative estimate of drug-likeness (QED) is 0.508. The molecule has 2 aliphatic heterocycles. The average Bonchev–Trinajstić information content (AvgIpc) is 3.24. The first kappa shape index (κ1) is 24.6. The summed E-state index contributed by atoms with van der Waals surface area (Å²) in [7, 11) is 2.97. The fourth-order valence-corrected chi connectivity index (χ4v) is 5.13. The number of nitrogens with zero attached hydrogens (tertiary/aromatic N) is 2. The van der Waals surface area contributed by atoms with Gasteiger partial charge < -0.3 is 19.7 Å². The average molecular weight is 492 g/mol. The van der Waals surface area contributed by atoms with Crippen LogP contribution in [0.3, 0.4) is 0 Å². The summed E-state index contributed by atoms with van der Waals surface area (Å²) in [6, 6.07) is 14.9. The lowest BCUT2D eigenvalue weighted by molar-refractivity contribution is -0.136. The summed E-state index contributed by atoms with van der Waals surface area (Å²) in [4.78, 5) is 32.4. The molecule has 0 saturated carbocycles. The molecule has 182 valence electrons. The second-order valence-corrected chi connectivity index (χ2v) is 9.50. The summed E-state index contributed by atoms with van der Waals surface area (Å²) < 4.78 is 10.4. The Labute approximate surface area is 209 Å². The topological polar surface area (TPSA) is 80.2 Å². The van der Waals surface area contributed by atoms with E-state index in [1.54, 1.807) is 14.0 Å². The highest BCUT2D eigenvalue weighted by Gasteiger charge is 2.41. The molecule has 0 saturated heterocycles. The number of benzene rings is 2. The van der Waals surface area contributed by atoms with Crippen LogP contribution < -0.4 is 10.1 Å². The highest BCUT2D eigenvalue weighted by Crippen LogP contribution is 2.45. The summed E-state index contributed by atoms with van der Waals surface area (Å²) in [6.45, 7) is 6.07. The molecule has 1 N–H and O–H groups in total. The molecule has 2 aromatic carbocycles. The van der Waals surface area contributed by atoms with Crippen molar-refractivity contribution in [3.63, 3.8) is 0 Å². The van der Waals surface area contributed by atoms with Crippen LogP contribution in [0.1, 0.15) is 50.3 Å². The van der Waals surface area contributed by atoms with E-state index in [0.29, 0.717) is 22.9 Å². The van der Waals surface area contributed by atoms with Gasteiger partial charge in [0.2, 0.25) is 5.91 Å². The van der Waals surface area contributed by atoms with E-state index in [1.807, 2.05) is 58.8 Å². The Morgan fingerprint density at radius 2 is 1.77 bits per heavy atom. The van der Waals surface area contributed by atoms with Crippen molar-refractivity contribution >= 4 is 34.5 Å². The lowest BCUT2D eigenvalue weighted by Crippen LogP contribution is -2.37. The first-order valence-electron chi connectivity index (χ1n) is 11.4. The highest BCUT2D eigenvalue weighted by atomic mass is 32.2. The number of allylic oxidation sites excluding steroid dienone is 1. The van der Waals surface area contributed by atoms with Crippen LogP contribution >= 0.6 is 11.8 Å². The fraction of sp³-hybridized carbons (Fsp3) is 0.296. The number of hydrogen-bond acceptors (Lipinski definition) is 7. The molecule has 1 unspecified atom stereocenters. The Morgan fingerprint density at radius 1 is 1.09 bits per heavy atom. The summed E-state index contributed by atoms with van der Waals surface area (Å²) in [5.74, 6) is 0.549. The van der Waals surface area contributed by atoms with Crippen molar-refractivity contribution in [2.24, 2.45) is 4.99 Å². The number of amides is 1. The molecule has 1 atom stereocenters. The normalized spacial score (nSPS) is 17.1. The molecule has 7 nitrogen and oxygen atoms in total. The number of ether oxygens (including phenoxy) is 2. The van der Waals surface area contributed by atoms with Crippen molar-refractivity contribution in [3.05, 3.63) is 82.0 Å². The third-order valence-electron chi connectivity index (χ3n) is 6.04. The molecule has 4 rings (SSSR count). The van der Waals surface area contributed by atoms with E-state index in [-0.39, 0.29) is 12.3 Å². The molecular formula is C27H29N3O4S.